The van der Waals surface area contributed by atoms with Crippen molar-refractivity contribution >= 4 is 12.2 Å². The number of benzene rings is 1. The molecule has 31 heavy (non-hydrogen) atoms. The van der Waals surface area contributed by atoms with Gasteiger partial charge in [0.25, 0.3) is 0 Å². The Morgan fingerprint density at radius 2 is 2.19 bits per heavy atom. The number of rotatable bonds is 6. The van der Waals surface area contributed by atoms with E-state index >= 15 is 0 Å². The van der Waals surface area contributed by atoms with Crippen molar-refractivity contribution in [2.24, 2.45) is 10.7 Å². The summed E-state index contributed by atoms with van der Waals surface area (Å²) in [5.41, 5.74) is 5.48. The lowest BCUT2D eigenvalue weighted by atomic mass is 10.2. The van der Waals surface area contributed by atoms with Gasteiger partial charge in [-0.1, -0.05) is 17.1 Å². The number of dihydropyridines is 1. The average molecular weight is 429 g/mol. The van der Waals surface area contributed by atoms with E-state index in [-0.39, 0.29) is 23.8 Å². The van der Waals surface area contributed by atoms with Crippen LogP contribution in [0, 0.1) is 12.3 Å². The number of halogens is 3. The molecular formula is C21H18F3N5O2. The van der Waals surface area contributed by atoms with Gasteiger partial charge in [-0.25, -0.2) is 0 Å². The second-order valence-corrected chi connectivity index (χ2v) is 6.46. The molecule has 0 saturated carbocycles. The number of hydrogen-bond acceptors (Lipinski definition) is 7. The number of aromatic nitrogens is 2. The second-order valence-electron chi connectivity index (χ2n) is 6.46. The Labute approximate surface area is 176 Å². The Morgan fingerprint density at radius 1 is 1.39 bits per heavy atom. The van der Waals surface area contributed by atoms with Crippen LogP contribution in [-0.4, -0.2) is 28.8 Å². The summed E-state index contributed by atoms with van der Waals surface area (Å²) >= 11 is 0. The van der Waals surface area contributed by atoms with E-state index < -0.39 is 11.7 Å². The maximum absolute atomic E-state index is 12.9. The molecule has 1 aliphatic rings. The molecule has 0 radical (unpaired) electrons. The fraction of sp³-hybridized carbons (Fsp3) is 0.190. The summed E-state index contributed by atoms with van der Waals surface area (Å²) < 4.78 is 50.1. The fourth-order valence-electron chi connectivity index (χ4n) is 2.61. The molecule has 0 aliphatic carbocycles. The molecule has 0 saturated heterocycles. The monoisotopic (exact) mass is 429 g/mol. The molecule has 2 aromatic rings. The smallest absolute Gasteiger partial charge is 0.417 e. The number of nitrogens with zero attached hydrogens (tertiary/aromatic N) is 3. The molecule has 3 N–H and O–H groups in total. The van der Waals surface area contributed by atoms with Gasteiger partial charge in [0, 0.05) is 30.0 Å². The van der Waals surface area contributed by atoms with Crippen LogP contribution in [0.5, 0.6) is 5.75 Å². The van der Waals surface area contributed by atoms with Gasteiger partial charge in [-0.2, -0.15) is 13.2 Å². The molecule has 0 spiro atoms. The van der Waals surface area contributed by atoms with Crippen LogP contribution in [0.25, 0.3) is 11.5 Å². The molecule has 10 heteroatoms. The van der Waals surface area contributed by atoms with E-state index in [1.54, 1.807) is 36.6 Å². The molecule has 1 atom stereocenters. The summed E-state index contributed by atoms with van der Waals surface area (Å²) in [6.45, 7) is 1.42. The first-order valence-electron chi connectivity index (χ1n) is 9.03. The summed E-state index contributed by atoms with van der Waals surface area (Å²) in [5.74, 6) is 3.22. The lowest BCUT2D eigenvalue weighted by Gasteiger charge is -2.15. The van der Waals surface area contributed by atoms with Crippen molar-refractivity contribution in [2.45, 2.75) is 25.7 Å². The molecular weight excluding hydrogens is 411 g/mol. The van der Waals surface area contributed by atoms with E-state index in [9.17, 15) is 13.2 Å². The van der Waals surface area contributed by atoms with E-state index in [1.807, 2.05) is 5.92 Å². The molecule has 2 heterocycles. The van der Waals surface area contributed by atoms with Gasteiger partial charge in [0.15, 0.2) is 0 Å². The maximum atomic E-state index is 12.9. The van der Waals surface area contributed by atoms with E-state index in [2.05, 4.69) is 20.5 Å². The summed E-state index contributed by atoms with van der Waals surface area (Å²) in [5, 5.41) is 10.3. The van der Waals surface area contributed by atoms with Crippen LogP contribution in [0.15, 0.2) is 68.9 Å². The molecule has 1 unspecified atom stereocenters. The van der Waals surface area contributed by atoms with E-state index in [4.69, 9.17) is 21.3 Å². The van der Waals surface area contributed by atoms with Crippen LogP contribution in [0.1, 0.15) is 13.3 Å². The Bertz CT molecular complexity index is 1110. The van der Waals surface area contributed by atoms with E-state index in [0.29, 0.717) is 29.6 Å². The molecule has 0 fully saturated rings. The number of aliphatic imine (C=N–C) groups is 1. The minimum Gasteiger partial charge on any atom is -0.462 e. The van der Waals surface area contributed by atoms with Gasteiger partial charge < -0.3 is 20.2 Å². The standard InChI is InChI=1S/C21H18F3N5O2/c1-3-5-15(21(22,23)24)10-13(2)27-20-29-28-19(31-20)14-6-4-7-16(11-14)30-17-8-9-26-18(25)12-17/h1,4-11,18H,12,25H2,2H3,(H,27,29)/b13-10+,15-5+. The van der Waals surface area contributed by atoms with Crippen LogP contribution in [0.2, 0.25) is 0 Å². The minimum absolute atomic E-state index is 0.0746. The molecule has 160 valence electrons. The molecule has 0 bridgehead atoms. The summed E-state index contributed by atoms with van der Waals surface area (Å²) in [7, 11) is 0. The first kappa shape index (κ1) is 21.9. The van der Waals surface area contributed by atoms with Gasteiger partial charge in [0.05, 0.1) is 5.57 Å². The second kappa shape index (κ2) is 9.32. The van der Waals surface area contributed by atoms with Gasteiger partial charge in [0.2, 0.25) is 5.89 Å². The first-order chi connectivity index (χ1) is 14.7. The van der Waals surface area contributed by atoms with Crippen LogP contribution in [0.4, 0.5) is 19.2 Å². The number of nitrogens with one attached hydrogen (secondary N) is 1. The van der Waals surface area contributed by atoms with Crippen LogP contribution in [0.3, 0.4) is 0 Å². The number of alkyl halides is 3. The first-order valence-corrected chi connectivity index (χ1v) is 9.03. The van der Waals surface area contributed by atoms with Gasteiger partial charge in [-0.05, 0) is 37.3 Å². The van der Waals surface area contributed by atoms with Crippen molar-refractivity contribution < 1.29 is 22.3 Å². The average Bonchev–Trinajstić information content (AvgIpc) is 3.15. The predicted octanol–water partition coefficient (Wildman–Crippen LogP) is 4.20. The summed E-state index contributed by atoms with van der Waals surface area (Å²) in [6, 6.07) is 6.84. The molecule has 1 aromatic carbocycles. The fourth-order valence-corrected chi connectivity index (χ4v) is 2.61. The van der Waals surface area contributed by atoms with Crippen LogP contribution < -0.4 is 15.8 Å². The highest BCUT2D eigenvalue weighted by Crippen LogP contribution is 2.29. The highest BCUT2D eigenvalue weighted by atomic mass is 19.4. The lowest BCUT2D eigenvalue weighted by Crippen LogP contribution is -2.21. The van der Waals surface area contributed by atoms with Crippen molar-refractivity contribution in [1.29, 1.82) is 0 Å². The van der Waals surface area contributed by atoms with Gasteiger partial charge in [0.1, 0.15) is 17.7 Å². The Morgan fingerprint density at radius 3 is 2.90 bits per heavy atom. The number of allylic oxidation sites excluding steroid dienone is 5. The molecule has 1 aliphatic heterocycles. The molecule has 1 aromatic heterocycles. The zero-order chi connectivity index (χ0) is 22.4. The van der Waals surface area contributed by atoms with Gasteiger partial charge in [-0.3, -0.25) is 4.99 Å². The molecule has 3 rings (SSSR count). The molecule has 0 amide bonds. The Hall–Kier alpha value is -3.84. The van der Waals surface area contributed by atoms with E-state index in [0.717, 1.165) is 6.08 Å². The SMILES string of the molecule is C#C/C=C(\C=C(/C)Nc1nnc(-c2cccc(OC3=CC=NC(N)C3)c2)o1)C(F)(F)F. The van der Waals surface area contributed by atoms with Gasteiger partial charge >= 0.3 is 12.2 Å². The normalized spacial score (nSPS) is 17.2. The number of anilines is 1. The summed E-state index contributed by atoms with van der Waals surface area (Å²) in [4.78, 5) is 4.03. The van der Waals surface area contributed by atoms with Crippen molar-refractivity contribution in [3.05, 3.63) is 59.5 Å². The predicted molar refractivity (Wildman–Crippen MR) is 110 cm³/mol. The zero-order valence-corrected chi connectivity index (χ0v) is 16.3. The minimum atomic E-state index is -4.58. The van der Waals surface area contributed by atoms with E-state index in [1.165, 1.54) is 6.92 Å². The van der Waals surface area contributed by atoms with Crippen LogP contribution >= 0.6 is 0 Å². The quantitative estimate of drug-likeness (QED) is 0.528. The topological polar surface area (TPSA) is 98.6 Å². The highest BCUT2D eigenvalue weighted by molar-refractivity contribution is 5.73. The lowest BCUT2D eigenvalue weighted by molar-refractivity contribution is -0.0882. The van der Waals surface area contributed by atoms with Crippen molar-refractivity contribution in [3.8, 4) is 29.5 Å². The maximum Gasteiger partial charge on any atom is 0.417 e. The third-order valence-electron chi connectivity index (χ3n) is 3.95. The molecule has 7 nitrogen and oxygen atoms in total. The summed E-state index contributed by atoms with van der Waals surface area (Å²) in [6.07, 6.45) is 5.29. The number of nitrogens with two attached hydrogens (primary N) is 1. The number of hydrogen-bond donors (Lipinski definition) is 2. The van der Waals surface area contributed by atoms with Crippen molar-refractivity contribution in [2.75, 3.05) is 5.32 Å². The highest BCUT2D eigenvalue weighted by Gasteiger charge is 2.32. The number of terminal acetylenes is 1. The number of ether oxygens (including phenoxy) is 1. The van der Waals surface area contributed by atoms with Gasteiger partial charge in [-0.15, -0.1) is 11.5 Å². The largest absolute Gasteiger partial charge is 0.462 e. The Balaban J connectivity index is 1.73. The Kier molecular flexibility index (Phi) is 6.57. The van der Waals surface area contributed by atoms with Crippen LogP contribution in [-0.2, 0) is 0 Å². The third kappa shape index (κ3) is 6.07. The van der Waals surface area contributed by atoms with Crippen molar-refractivity contribution in [3.63, 3.8) is 0 Å². The third-order valence-corrected chi connectivity index (χ3v) is 3.95. The van der Waals surface area contributed by atoms with Crippen molar-refractivity contribution in [1.82, 2.24) is 10.2 Å². The zero-order valence-electron chi connectivity index (χ0n) is 16.3.